The normalized spacial score (nSPS) is 15.8. The number of hydrogen-bond acceptors (Lipinski definition) is 5. The van der Waals surface area contributed by atoms with Crippen molar-refractivity contribution in [1.29, 1.82) is 0 Å². The van der Waals surface area contributed by atoms with Gasteiger partial charge in [0.05, 0.1) is 30.2 Å². The molecule has 9 nitrogen and oxygen atoms in total. The van der Waals surface area contributed by atoms with E-state index in [4.69, 9.17) is 12.2 Å². The van der Waals surface area contributed by atoms with Gasteiger partial charge in [0.15, 0.2) is 0 Å². The van der Waals surface area contributed by atoms with Gasteiger partial charge in [0.1, 0.15) is 10.8 Å². The fourth-order valence-electron chi connectivity index (χ4n) is 6.02. The molecule has 0 unspecified atom stereocenters. The average Bonchev–Trinajstić information content (AvgIpc) is 3.59. The van der Waals surface area contributed by atoms with Crippen molar-refractivity contribution in [2.24, 2.45) is 7.05 Å². The summed E-state index contributed by atoms with van der Waals surface area (Å²) >= 11 is 5.92. The van der Waals surface area contributed by atoms with Crippen molar-refractivity contribution in [2.75, 3.05) is 29.9 Å². The molecule has 1 atom stereocenters. The number of hydrogen-bond donors (Lipinski definition) is 2. The summed E-state index contributed by atoms with van der Waals surface area (Å²) in [6.07, 6.45) is 6.92. The number of aryl methyl sites for hydroxylation is 2. The molecule has 0 bridgehead atoms. The van der Waals surface area contributed by atoms with Crippen LogP contribution in [0.3, 0.4) is 0 Å². The fraction of sp³-hybridized carbons (Fsp3) is 0.455. The average molecular weight is 602 g/mol. The number of rotatable bonds is 9. The number of nitrogens with one attached hydrogen (secondary N) is 2. The second-order valence-electron chi connectivity index (χ2n) is 11.5. The van der Waals surface area contributed by atoms with Gasteiger partial charge in [-0.2, -0.15) is 5.10 Å². The van der Waals surface area contributed by atoms with Gasteiger partial charge in [0, 0.05) is 44.4 Å². The van der Waals surface area contributed by atoms with Crippen LogP contribution in [0.15, 0.2) is 48.7 Å². The molecule has 1 aromatic heterocycles. The molecule has 10 heteroatoms. The number of nitrogens with zero attached hydrogens (tertiary/aromatic N) is 5. The Morgan fingerprint density at radius 1 is 1.14 bits per heavy atom. The predicted molar refractivity (Wildman–Crippen MR) is 176 cm³/mol. The highest BCUT2D eigenvalue weighted by atomic mass is 32.1. The molecule has 3 heterocycles. The number of carbonyl (C=O) groups excluding carboxylic acids is 2. The Labute approximate surface area is 260 Å². The van der Waals surface area contributed by atoms with Crippen LogP contribution in [0.1, 0.15) is 73.0 Å². The number of benzene rings is 2. The first-order valence-corrected chi connectivity index (χ1v) is 15.8. The van der Waals surface area contributed by atoms with Gasteiger partial charge in [-0.3, -0.25) is 9.48 Å². The molecular weight excluding hydrogens is 558 g/mol. The van der Waals surface area contributed by atoms with Gasteiger partial charge in [0.25, 0.3) is 5.91 Å². The molecule has 5 rings (SSSR count). The van der Waals surface area contributed by atoms with E-state index in [1.54, 1.807) is 15.8 Å². The van der Waals surface area contributed by atoms with Gasteiger partial charge < -0.3 is 25.3 Å². The number of thiocarbonyl (C=S) groups is 1. The third-order valence-corrected chi connectivity index (χ3v) is 8.97. The van der Waals surface area contributed by atoms with Crippen LogP contribution in [0.2, 0.25) is 0 Å². The molecule has 0 radical (unpaired) electrons. The maximum Gasteiger partial charge on any atom is 0.318 e. The lowest BCUT2D eigenvalue weighted by Crippen LogP contribution is -2.50. The summed E-state index contributed by atoms with van der Waals surface area (Å²) in [4.78, 5) is 34.1. The molecule has 2 aliphatic heterocycles. The van der Waals surface area contributed by atoms with Crippen LogP contribution in [-0.4, -0.2) is 62.2 Å². The van der Waals surface area contributed by atoms with Crippen molar-refractivity contribution in [2.45, 2.75) is 72.0 Å². The zero-order valence-corrected chi connectivity index (χ0v) is 26.5. The van der Waals surface area contributed by atoms with Crippen LogP contribution in [0.5, 0.6) is 0 Å². The maximum atomic E-state index is 13.9. The molecule has 0 aliphatic carbocycles. The molecule has 3 amide bonds. The summed E-state index contributed by atoms with van der Waals surface area (Å²) in [7, 11) is 1.89. The van der Waals surface area contributed by atoms with E-state index in [2.05, 4.69) is 34.5 Å². The topological polar surface area (TPSA) is 85.7 Å². The van der Waals surface area contributed by atoms with Gasteiger partial charge in [-0.1, -0.05) is 50.7 Å². The number of amides is 3. The molecule has 2 aromatic carbocycles. The highest BCUT2D eigenvalue weighted by Crippen LogP contribution is 2.36. The van der Waals surface area contributed by atoms with Crippen molar-refractivity contribution in [3.05, 3.63) is 70.9 Å². The second kappa shape index (κ2) is 13.6. The van der Waals surface area contributed by atoms with Crippen LogP contribution in [-0.2, 0) is 20.1 Å². The molecule has 0 spiro atoms. The Morgan fingerprint density at radius 3 is 2.72 bits per heavy atom. The summed E-state index contributed by atoms with van der Waals surface area (Å²) in [5.74, 6) is 0.794. The zero-order valence-electron chi connectivity index (χ0n) is 25.7. The fourth-order valence-corrected chi connectivity index (χ4v) is 6.45. The Morgan fingerprint density at radius 2 is 1.95 bits per heavy atom. The van der Waals surface area contributed by atoms with Crippen LogP contribution < -0.4 is 15.5 Å². The highest BCUT2D eigenvalue weighted by Gasteiger charge is 2.34. The van der Waals surface area contributed by atoms with E-state index in [9.17, 15) is 9.59 Å². The summed E-state index contributed by atoms with van der Waals surface area (Å²) < 4.78 is 1.79. The summed E-state index contributed by atoms with van der Waals surface area (Å²) in [6.45, 7) is 9.73. The zero-order chi connectivity index (χ0) is 30.5. The van der Waals surface area contributed by atoms with E-state index >= 15 is 0 Å². The number of urea groups is 1. The van der Waals surface area contributed by atoms with Crippen LogP contribution in [0.25, 0.3) is 0 Å². The van der Waals surface area contributed by atoms with Crippen LogP contribution in [0, 0.1) is 6.92 Å². The first-order valence-electron chi connectivity index (χ1n) is 15.4. The molecule has 228 valence electrons. The van der Waals surface area contributed by atoms with Crippen molar-refractivity contribution in [3.63, 3.8) is 0 Å². The first-order chi connectivity index (χ1) is 20.8. The third kappa shape index (κ3) is 6.54. The number of para-hydroxylation sites is 2. The standard InChI is InChI=1S/C33H43N7O2S/c1-5-7-17-38(16-6-2)32(43)29-13-10-18-39(29)33(42)34-20-25-15-14-24(19-23(25)3)31(41)40-22-26-21-35-37(4)30(26)36-27-11-8-9-12-28(27)40/h8-9,11-12,14-15,19,21,29,36H,5-7,10,13,16-18,20,22H2,1-4H3,(H,34,42)/t29-/m0/s1. The number of likely N-dealkylation sites (tertiary alicyclic amines) is 1. The van der Waals surface area contributed by atoms with Gasteiger partial charge in [-0.25, -0.2) is 4.79 Å². The van der Waals surface area contributed by atoms with Crippen molar-refractivity contribution < 1.29 is 9.59 Å². The maximum absolute atomic E-state index is 13.9. The minimum atomic E-state index is -0.0858. The third-order valence-electron chi connectivity index (χ3n) is 8.44. The van der Waals surface area contributed by atoms with E-state index in [1.165, 1.54) is 0 Å². The van der Waals surface area contributed by atoms with Crippen LogP contribution >= 0.6 is 12.2 Å². The molecule has 1 fully saturated rings. The van der Waals surface area contributed by atoms with E-state index in [1.807, 2.05) is 61.3 Å². The molecule has 2 N–H and O–H groups in total. The Kier molecular flexibility index (Phi) is 9.65. The Bertz CT molecular complexity index is 1490. The van der Waals surface area contributed by atoms with Crippen molar-refractivity contribution in [1.82, 2.24) is 24.9 Å². The van der Waals surface area contributed by atoms with Gasteiger partial charge >= 0.3 is 6.03 Å². The molecule has 2 aliphatic rings. The van der Waals surface area contributed by atoms with E-state index in [0.29, 0.717) is 25.2 Å². The Hall–Kier alpha value is -3.92. The largest absolute Gasteiger partial charge is 0.364 e. The molecule has 43 heavy (non-hydrogen) atoms. The first kappa shape index (κ1) is 30.5. The lowest BCUT2D eigenvalue weighted by Gasteiger charge is -2.33. The summed E-state index contributed by atoms with van der Waals surface area (Å²) in [5.41, 5.74) is 5.16. The summed E-state index contributed by atoms with van der Waals surface area (Å²) in [6, 6.07) is 13.4. The lowest BCUT2D eigenvalue weighted by atomic mass is 10.0. The SMILES string of the molecule is CCCCN(CCC)C(=S)[C@@H]1CCCN1C(=O)NCc1ccc(C(=O)N2Cc3cnn(C)c3Nc3ccccc32)cc1C. The molecule has 0 saturated carbocycles. The summed E-state index contributed by atoms with van der Waals surface area (Å²) in [5, 5.41) is 10.9. The number of unbranched alkanes of at least 4 members (excludes halogenated alkanes) is 1. The molecular formula is C33H43N7O2S. The molecule has 3 aromatic rings. The van der Waals surface area contributed by atoms with E-state index in [0.717, 1.165) is 84.1 Å². The number of anilines is 3. The van der Waals surface area contributed by atoms with Gasteiger partial charge in [-0.15, -0.1) is 0 Å². The predicted octanol–water partition coefficient (Wildman–Crippen LogP) is 6.15. The number of fused-ring (bicyclic) bond motifs is 2. The quantitative estimate of drug-likeness (QED) is 0.287. The smallest absolute Gasteiger partial charge is 0.318 e. The molecule has 1 saturated heterocycles. The van der Waals surface area contributed by atoms with Crippen molar-refractivity contribution >= 4 is 46.3 Å². The Balaban J connectivity index is 1.26. The van der Waals surface area contributed by atoms with Gasteiger partial charge in [0.2, 0.25) is 0 Å². The van der Waals surface area contributed by atoms with E-state index in [-0.39, 0.29) is 18.0 Å². The van der Waals surface area contributed by atoms with Crippen LogP contribution in [0.4, 0.5) is 22.0 Å². The highest BCUT2D eigenvalue weighted by molar-refractivity contribution is 7.80. The monoisotopic (exact) mass is 601 g/mol. The minimum absolute atomic E-state index is 0.0363. The number of carbonyl (C=O) groups is 2. The van der Waals surface area contributed by atoms with E-state index < -0.39 is 0 Å². The minimum Gasteiger partial charge on any atom is -0.364 e. The van der Waals surface area contributed by atoms with Gasteiger partial charge in [-0.05, 0) is 68.0 Å². The van der Waals surface area contributed by atoms with Crippen molar-refractivity contribution in [3.8, 4) is 0 Å². The second-order valence-corrected chi connectivity index (χ2v) is 11.9. The lowest BCUT2D eigenvalue weighted by molar-refractivity contribution is 0.0985. The number of aromatic nitrogens is 2.